The monoisotopic (exact) mass is 1220 g/mol. The highest BCUT2D eigenvalue weighted by Crippen LogP contribution is 2.44. The summed E-state index contributed by atoms with van der Waals surface area (Å²) in [5.41, 5.74) is 4.78. The van der Waals surface area contributed by atoms with Crippen molar-refractivity contribution in [1.29, 1.82) is 0 Å². The van der Waals surface area contributed by atoms with E-state index in [9.17, 15) is 26.4 Å². The Bertz CT molecular complexity index is 2890. The summed E-state index contributed by atoms with van der Waals surface area (Å²) in [5.74, 6) is 1.02. The van der Waals surface area contributed by atoms with Crippen LogP contribution in [0.15, 0.2) is 107 Å². The first-order chi connectivity index (χ1) is 38.3. The van der Waals surface area contributed by atoms with Crippen molar-refractivity contribution in [2.24, 2.45) is 0 Å². The van der Waals surface area contributed by atoms with Gasteiger partial charge in [-0.2, -0.15) is 0 Å². The Morgan fingerprint density at radius 1 is 0.487 bits per heavy atom. The molecule has 0 aliphatic heterocycles. The summed E-state index contributed by atoms with van der Waals surface area (Å²) in [4.78, 5) is 29.1. The number of hydrogen-bond donors (Lipinski definition) is 6. The number of likely N-dealkylation sites (N-methyl/N-ethyl adjacent to an activating group) is 2. The minimum atomic E-state index is -3.80. The first-order valence-corrected chi connectivity index (χ1v) is 30.1. The molecule has 0 aromatic heterocycles. The number of amides is 4. The lowest BCUT2D eigenvalue weighted by Gasteiger charge is -2.27. The third-order valence-corrected chi connectivity index (χ3v) is 17.0. The van der Waals surface area contributed by atoms with Crippen molar-refractivity contribution < 1.29 is 54.8 Å². The number of urea groups is 2. The summed E-state index contributed by atoms with van der Waals surface area (Å²) in [7, 11) is 0.266. The highest BCUT2D eigenvalue weighted by atomic mass is 35.5. The van der Waals surface area contributed by atoms with E-state index < -0.39 is 32.1 Å². The van der Waals surface area contributed by atoms with Crippen LogP contribution in [0.4, 0.5) is 21.0 Å². The number of sulfonamides is 2. The molecule has 2 aliphatic carbocycles. The number of carbonyl (C=O) groups is 2. The van der Waals surface area contributed by atoms with Crippen LogP contribution < -0.4 is 40.2 Å². The van der Waals surface area contributed by atoms with E-state index in [-0.39, 0.29) is 113 Å². The van der Waals surface area contributed by atoms with Gasteiger partial charge in [0.2, 0.25) is 20.0 Å². The van der Waals surface area contributed by atoms with Crippen LogP contribution in [0.5, 0.6) is 11.5 Å². The predicted molar refractivity (Wildman–Crippen MR) is 309 cm³/mol. The van der Waals surface area contributed by atoms with Gasteiger partial charge in [0.25, 0.3) is 0 Å². The summed E-state index contributed by atoms with van der Waals surface area (Å²) in [6, 6.07) is 25.2. The SMILES string of the molecule is CN(C)C1Cc2c(Cl)cc(Cl)cc2[C@@H]1Oc1ccc(S(=O)(=O)NCCOCCOCCNC(=O)Nc2ccc(NC(=O)NCCOCCOCCNS(=O)(=O)c3ccc(O[C@H]4c5cc(Cl)cc(Cl)c5C[C@@H]4N(C)C)cc3)cc2)cc1. The summed E-state index contributed by atoms with van der Waals surface area (Å²) >= 11 is 25.6. The maximum absolute atomic E-state index is 12.9. The van der Waals surface area contributed by atoms with E-state index >= 15 is 0 Å². The highest BCUT2D eigenvalue weighted by molar-refractivity contribution is 7.89. The number of nitrogens with zero attached hydrogens (tertiary/aromatic N) is 2. The Hall–Kier alpha value is -5.02. The van der Waals surface area contributed by atoms with Crippen molar-refractivity contribution in [2.75, 3.05) is 118 Å². The molecule has 434 valence electrons. The van der Waals surface area contributed by atoms with E-state index in [2.05, 4.69) is 40.5 Å². The topological polar surface area (TPSA) is 236 Å². The number of nitrogens with one attached hydrogen (secondary N) is 6. The molecule has 0 saturated heterocycles. The molecule has 80 heavy (non-hydrogen) atoms. The van der Waals surface area contributed by atoms with Gasteiger partial charge in [-0.25, -0.2) is 35.9 Å². The van der Waals surface area contributed by atoms with Crippen molar-refractivity contribution in [2.45, 2.75) is 46.9 Å². The lowest BCUT2D eigenvalue weighted by atomic mass is 10.1. The molecule has 0 saturated carbocycles. The molecule has 0 heterocycles. The van der Waals surface area contributed by atoms with Gasteiger partial charge in [0, 0.05) is 68.8 Å². The first-order valence-electron chi connectivity index (χ1n) is 25.6. The number of anilines is 2. The number of carbonyl (C=O) groups excluding carboxylic acids is 2. The van der Waals surface area contributed by atoms with Gasteiger partial charge < -0.3 is 59.5 Å². The number of halogens is 4. The van der Waals surface area contributed by atoms with Crippen molar-refractivity contribution in [1.82, 2.24) is 29.9 Å². The van der Waals surface area contributed by atoms with Crippen molar-refractivity contribution >= 4 is 89.9 Å². The quantitative estimate of drug-likeness (QED) is 0.0241. The van der Waals surface area contributed by atoms with Gasteiger partial charge in [0.05, 0.1) is 74.7 Å². The third-order valence-electron chi connectivity index (χ3n) is 12.9. The zero-order valence-electron chi connectivity index (χ0n) is 44.6. The molecule has 0 radical (unpaired) electrons. The Labute approximate surface area is 487 Å². The minimum Gasteiger partial charge on any atom is -0.484 e. The predicted octanol–water partition coefficient (Wildman–Crippen LogP) is 7.78. The molecule has 5 aromatic rings. The Kier molecular flexibility index (Phi) is 23.3. The lowest BCUT2D eigenvalue weighted by molar-refractivity contribution is 0.0517. The largest absolute Gasteiger partial charge is 0.484 e. The average Bonchev–Trinajstić information content (AvgIpc) is 4.13. The van der Waals surface area contributed by atoms with Crippen molar-refractivity contribution in [3.8, 4) is 11.5 Å². The number of ether oxygens (including phenoxy) is 6. The first kappa shape index (κ1) is 62.6. The zero-order chi connectivity index (χ0) is 57.4. The second-order valence-electron chi connectivity index (χ2n) is 19.0. The van der Waals surface area contributed by atoms with Crippen LogP contribution in [0.3, 0.4) is 0 Å². The van der Waals surface area contributed by atoms with E-state index in [4.69, 9.17) is 74.8 Å². The molecule has 0 bridgehead atoms. The second-order valence-corrected chi connectivity index (χ2v) is 24.2. The van der Waals surface area contributed by atoms with E-state index in [0.29, 0.717) is 55.8 Å². The van der Waals surface area contributed by atoms with Gasteiger partial charge in [-0.1, -0.05) is 46.4 Å². The van der Waals surface area contributed by atoms with Crippen LogP contribution >= 0.6 is 46.4 Å². The Morgan fingerprint density at radius 2 is 0.825 bits per heavy atom. The number of hydrogen-bond acceptors (Lipinski definition) is 14. The van der Waals surface area contributed by atoms with Crippen LogP contribution in [-0.2, 0) is 51.8 Å². The molecule has 1 unspecified atom stereocenters. The van der Waals surface area contributed by atoms with Crippen LogP contribution in [0.1, 0.15) is 34.5 Å². The number of benzene rings is 5. The van der Waals surface area contributed by atoms with Crippen LogP contribution in [0.2, 0.25) is 20.1 Å². The fraction of sp³-hybridized carbons (Fsp3) is 0.407. The minimum absolute atomic E-state index is 0.0126. The molecule has 0 fully saturated rings. The van der Waals surface area contributed by atoms with Crippen molar-refractivity contribution in [3.05, 3.63) is 139 Å². The Balaban J connectivity index is 0.666. The number of rotatable bonds is 30. The van der Waals surface area contributed by atoms with Gasteiger partial charge in [-0.3, -0.25) is 0 Å². The normalized spacial score (nSPS) is 16.8. The maximum atomic E-state index is 12.9. The van der Waals surface area contributed by atoms with Gasteiger partial charge in [0.15, 0.2) is 0 Å². The third kappa shape index (κ3) is 18.0. The van der Waals surface area contributed by atoms with E-state index in [1.54, 1.807) is 60.7 Å². The van der Waals surface area contributed by atoms with Crippen molar-refractivity contribution in [3.63, 3.8) is 0 Å². The molecular weight excluding hydrogens is 1160 g/mol. The van der Waals surface area contributed by atoms with Gasteiger partial charge in [0.1, 0.15) is 23.7 Å². The molecule has 4 atom stereocenters. The maximum Gasteiger partial charge on any atom is 0.319 e. The van der Waals surface area contributed by atoms with E-state index in [1.165, 1.54) is 24.3 Å². The molecular formula is C54H66Cl4N8O12S2. The average molecular weight is 1230 g/mol. The second kappa shape index (κ2) is 29.8. The molecule has 7 rings (SSSR count). The summed E-state index contributed by atoms with van der Waals surface area (Å²) in [6.45, 7) is 2.12. The van der Waals surface area contributed by atoms with Gasteiger partial charge in [-0.05, 0) is 149 Å². The number of fused-ring (bicyclic) bond motifs is 2. The lowest BCUT2D eigenvalue weighted by Crippen LogP contribution is -2.34. The molecule has 4 amide bonds. The molecule has 26 heteroatoms. The fourth-order valence-corrected chi connectivity index (χ4v) is 12.1. The molecule has 20 nitrogen and oxygen atoms in total. The molecule has 0 spiro atoms. The standard InChI is InChI=1S/C54H66Cl4N8O12S2/c1-65(2)49-33-43-45(29-35(55)31-47(43)57)51(49)77-39-9-13-41(14-10-39)79(69,70)61-19-23-75-27-25-73-21-17-59-53(67)63-37-5-7-38(8-6-37)64-54(68)60-18-22-74-26-28-76-24-20-62-80(71,72)42-15-11-40(12-16-42)78-52-46-30-36(56)32-48(58)44(46)34-50(52)66(3)4/h5-16,29-32,49-52,61-62H,17-28,33-34H2,1-4H3,(H2,59,63,67)(H2,60,64,68)/t49-,50?,51-,52-/m0/s1. The Morgan fingerprint density at radius 3 is 1.16 bits per heavy atom. The van der Waals surface area contributed by atoms with Gasteiger partial charge >= 0.3 is 12.1 Å². The fourth-order valence-electron chi connectivity index (χ4n) is 8.88. The van der Waals surface area contributed by atoms with E-state index in [1.807, 2.05) is 40.3 Å². The van der Waals surface area contributed by atoms with Crippen LogP contribution in [0, 0.1) is 0 Å². The summed E-state index contributed by atoms with van der Waals surface area (Å²) in [5, 5.41) is 13.0. The van der Waals surface area contributed by atoms with Crippen LogP contribution in [-0.4, -0.2) is 158 Å². The smallest absolute Gasteiger partial charge is 0.319 e. The summed E-state index contributed by atoms with van der Waals surface area (Å²) in [6.07, 6.45) is 0.703. The summed E-state index contributed by atoms with van der Waals surface area (Å²) < 4.78 is 91.5. The molecule has 2 aliphatic rings. The van der Waals surface area contributed by atoms with Gasteiger partial charge in [-0.15, -0.1) is 0 Å². The van der Waals surface area contributed by atoms with Crippen LogP contribution in [0.25, 0.3) is 0 Å². The zero-order valence-corrected chi connectivity index (χ0v) is 49.2. The van der Waals surface area contributed by atoms with E-state index in [0.717, 1.165) is 22.3 Å². The molecule has 5 aromatic carbocycles. The molecule has 6 N–H and O–H groups in total. The highest BCUT2D eigenvalue weighted by Gasteiger charge is 2.39.